The quantitative estimate of drug-likeness (QED) is 0.135. The van der Waals surface area contributed by atoms with E-state index < -0.39 is 71.3 Å². The second-order valence-corrected chi connectivity index (χ2v) is 11.4. The zero-order valence-corrected chi connectivity index (χ0v) is 20.0. The Morgan fingerprint density at radius 1 is 1.24 bits per heavy atom. The van der Waals surface area contributed by atoms with Gasteiger partial charge in [0.2, 0.25) is 0 Å². The Kier molecular flexibility index (Phi) is 8.36. The zero-order chi connectivity index (χ0) is 26.3. The number of aliphatic hydroxyl groups is 2. The number of phosphoric acid groups is 3. The second kappa shape index (κ2) is 9.88. The molecule has 7 atom stereocenters. The smallest absolute Gasteiger partial charge is 0.396 e. The van der Waals surface area contributed by atoms with Gasteiger partial charge in [0.15, 0.2) is 11.8 Å². The number of nitrogens with one attached hydrogen (secondary N) is 1. The zero-order valence-electron chi connectivity index (χ0n) is 17.3. The first-order chi connectivity index (χ1) is 15.4. The van der Waals surface area contributed by atoms with Crippen molar-refractivity contribution in [3.63, 3.8) is 0 Å². The predicted molar refractivity (Wildman–Crippen MR) is 109 cm³/mol. The molecule has 0 radical (unpaired) electrons. The fourth-order valence-corrected chi connectivity index (χ4v) is 6.58. The number of hydrogen-bond donors (Lipinski definition) is 7. The Labute approximate surface area is 190 Å². The van der Waals surface area contributed by atoms with Crippen molar-refractivity contribution in [2.45, 2.75) is 37.9 Å². The summed E-state index contributed by atoms with van der Waals surface area (Å²) in [6.45, 7) is 1.43. The van der Waals surface area contributed by atoms with Crippen molar-refractivity contribution in [1.82, 2.24) is 9.55 Å². The highest BCUT2D eigenvalue weighted by Gasteiger charge is 2.58. The first-order valence-electron chi connectivity index (χ1n) is 8.97. The number of aromatic amines is 1. The number of ether oxygens (including phenoxy) is 1. The molecule has 17 nitrogen and oxygen atoms in total. The number of phosphoric ester groups is 1. The van der Waals surface area contributed by atoms with Crippen LogP contribution < -0.4 is 11.2 Å². The summed E-state index contributed by atoms with van der Waals surface area (Å²) in [4.78, 5) is 61.9. The number of hydrogen-bond acceptors (Lipinski definition) is 11. The molecule has 7 N–H and O–H groups in total. The Hall–Kier alpha value is -1.47. The highest BCUT2D eigenvalue weighted by Crippen LogP contribution is 2.66. The van der Waals surface area contributed by atoms with Crippen molar-refractivity contribution in [3.8, 4) is 12.3 Å². The van der Waals surface area contributed by atoms with Gasteiger partial charge in [-0.2, -0.15) is 8.62 Å². The van der Waals surface area contributed by atoms with Crippen LogP contribution in [0, 0.1) is 25.2 Å². The molecule has 2 heterocycles. The van der Waals surface area contributed by atoms with Crippen LogP contribution in [0.5, 0.6) is 0 Å². The third-order valence-electron chi connectivity index (χ3n) is 4.63. The van der Waals surface area contributed by atoms with Gasteiger partial charge in [0.05, 0.1) is 24.7 Å². The van der Waals surface area contributed by atoms with Gasteiger partial charge in [-0.05, 0) is 13.8 Å². The molecule has 192 valence electrons. The molecule has 1 aromatic rings. The van der Waals surface area contributed by atoms with Crippen molar-refractivity contribution in [3.05, 3.63) is 32.6 Å². The van der Waals surface area contributed by atoms with Crippen molar-refractivity contribution in [2.75, 3.05) is 6.61 Å². The molecule has 1 aliphatic rings. The minimum absolute atomic E-state index is 0.00898. The van der Waals surface area contributed by atoms with Crippen LogP contribution in [0.25, 0.3) is 0 Å². The molecule has 2 rings (SSSR count). The molecule has 0 amide bonds. The van der Waals surface area contributed by atoms with Crippen LogP contribution in [0.3, 0.4) is 0 Å². The summed E-state index contributed by atoms with van der Waals surface area (Å²) >= 11 is 0. The molecular weight excluding hydrogens is 529 g/mol. The van der Waals surface area contributed by atoms with E-state index in [1.165, 1.54) is 6.92 Å². The SMILES string of the molecule is C#CC1(O)C(CO)[C@@H]([C@H](C)OP(=O)(O)OP(=O)(O)OP(=O)(O)O)O[C@H]1n1c(C)cc(=O)[nH]c1=O. The predicted octanol–water partition coefficient (Wildman–Crippen LogP) is -1.55. The van der Waals surface area contributed by atoms with E-state index in [9.17, 15) is 43.3 Å². The molecule has 0 spiro atoms. The molecule has 0 aromatic carbocycles. The van der Waals surface area contributed by atoms with E-state index in [1.807, 2.05) is 10.9 Å². The number of terminal acetylenes is 1. The first-order valence-corrected chi connectivity index (χ1v) is 13.5. The van der Waals surface area contributed by atoms with E-state index >= 15 is 0 Å². The van der Waals surface area contributed by atoms with Gasteiger partial charge >= 0.3 is 29.2 Å². The summed E-state index contributed by atoms with van der Waals surface area (Å²) in [6, 6.07) is 0.985. The van der Waals surface area contributed by atoms with Crippen molar-refractivity contribution < 1.29 is 61.4 Å². The number of aliphatic hydroxyl groups excluding tert-OH is 1. The highest BCUT2D eigenvalue weighted by molar-refractivity contribution is 7.66. The summed E-state index contributed by atoms with van der Waals surface area (Å²) in [5.41, 5.74) is -4.25. The normalized spacial score (nSPS) is 29.7. The van der Waals surface area contributed by atoms with Crippen LogP contribution in [0.4, 0.5) is 0 Å². The van der Waals surface area contributed by atoms with E-state index in [0.29, 0.717) is 0 Å². The summed E-state index contributed by atoms with van der Waals surface area (Å²) < 4.78 is 52.6. The molecule has 34 heavy (non-hydrogen) atoms. The second-order valence-electron chi connectivity index (χ2n) is 7.06. The third kappa shape index (κ3) is 6.39. The number of nitrogens with zero attached hydrogens (tertiary/aromatic N) is 1. The molecule has 1 fully saturated rings. The molecule has 1 aliphatic heterocycles. The van der Waals surface area contributed by atoms with Crippen LogP contribution in [0.15, 0.2) is 15.7 Å². The van der Waals surface area contributed by atoms with E-state index in [2.05, 4.69) is 13.1 Å². The average molecular weight is 550 g/mol. The minimum Gasteiger partial charge on any atom is -0.396 e. The van der Waals surface area contributed by atoms with Crippen LogP contribution in [-0.2, 0) is 31.6 Å². The summed E-state index contributed by atoms with van der Waals surface area (Å²) in [5.74, 6) is 0.497. The number of aromatic nitrogens is 2. The Bertz CT molecular complexity index is 1230. The number of aryl methyl sites for hydroxylation is 1. The maximum absolute atomic E-state index is 12.3. The lowest BCUT2D eigenvalue weighted by molar-refractivity contribution is -0.0877. The lowest BCUT2D eigenvalue weighted by Gasteiger charge is -2.30. The Balaban J connectivity index is 2.38. The molecule has 20 heteroatoms. The van der Waals surface area contributed by atoms with Crippen molar-refractivity contribution >= 4 is 23.5 Å². The topological polar surface area (TPSA) is 264 Å². The largest absolute Gasteiger partial charge is 0.490 e. The first kappa shape index (κ1) is 28.8. The fraction of sp³-hybridized carbons (Fsp3) is 0.571. The van der Waals surface area contributed by atoms with Crippen molar-refractivity contribution in [1.29, 1.82) is 0 Å². The maximum atomic E-state index is 12.3. The lowest BCUT2D eigenvalue weighted by atomic mass is 9.84. The van der Waals surface area contributed by atoms with Gasteiger partial charge < -0.3 is 34.5 Å². The van der Waals surface area contributed by atoms with Crippen LogP contribution >= 0.6 is 23.5 Å². The molecule has 1 saturated heterocycles. The number of H-pyrrole nitrogens is 1. The van der Waals surface area contributed by atoms with E-state index in [4.69, 9.17) is 20.9 Å². The number of rotatable bonds is 9. The van der Waals surface area contributed by atoms with Crippen molar-refractivity contribution in [2.24, 2.45) is 5.92 Å². The molecular formula is C14H21N2O15P3. The molecule has 0 bridgehead atoms. The van der Waals surface area contributed by atoms with Crippen LogP contribution in [0.1, 0.15) is 18.8 Å². The fourth-order valence-electron chi connectivity index (χ4n) is 3.38. The Morgan fingerprint density at radius 2 is 1.82 bits per heavy atom. The van der Waals surface area contributed by atoms with E-state index in [-0.39, 0.29) is 5.69 Å². The molecule has 0 aliphatic carbocycles. The monoisotopic (exact) mass is 550 g/mol. The summed E-state index contributed by atoms with van der Waals surface area (Å²) in [6.07, 6.45) is 0.431. The lowest BCUT2D eigenvalue weighted by Crippen LogP contribution is -2.47. The van der Waals surface area contributed by atoms with Gasteiger partial charge in [-0.1, -0.05) is 5.92 Å². The molecule has 0 saturated carbocycles. The van der Waals surface area contributed by atoms with Gasteiger partial charge in [-0.15, -0.1) is 6.42 Å². The van der Waals surface area contributed by atoms with E-state index in [0.717, 1.165) is 17.6 Å². The third-order valence-corrected chi connectivity index (χ3v) is 8.56. The molecule has 1 aromatic heterocycles. The summed E-state index contributed by atoms with van der Waals surface area (Å²) in [5, 5.41) is 20.9. The highest BCUT2D eigenvalue weighted by atomic mass is 31.3. The Morgan fingerprint density at radius 3 is 2.29 bits per heavy atom. The molecule has 4 unspecified atom stereocenters. The average Bonchev–Trinajstić information content (AvgIpc) is 2.90. The standard InChI is InChI=1S/C14H21N2O15P3/c1-4-14(20)9(6-17)11(28-12(14)16-7(2)5-10(18)15-13(16)19)8(3)29-33(24,25)31-34(26,27)30-32(21,22)23/h1,5,8-9,11-12,17,20H,6H2,2-3H3,(H,24,25)(H,26,27)(H,15,18,19)(H2,21,22,23)/t8-,9?,11+,12+,14?/m0/s1. The van der Waals surface area contributed by atoms with Gasteiger partial charge in [0, 0.05) is 11.8 Å². The van der Waals surface area contributed by atoms with Gasteiger partial charge in [-0.25, -0.2) is 18.5 Å². The van der Waals surface area contributed by atoms with Crippen LogP contribution in [0.2, 0.25) is 0 Å². The van der Waals surface area contributed by atoms with E-state index in [1.54, 1.807) is 0 Å². The summed E-state index contributed by atoms with van der Waals surface area (Å²) in [7, 11) is -17.0. The van der Waals surface area contributed by atoms with Gasteiger partial charge in [0.25, 0.3) is 5.56 Å². The van der Waals surface area contributed by atoms with Gasteiger partial charge in [0.1, 0.15) is 0 Å². The van der Waals surface area contributed by atoms with Crippen LogP contribution in [-0.4, -0.2) is 63.8 Å². The minimum atomic E-state index is -5.81. The maximum Gasteiger partial charge on any atom is 0.490 e. The van der Waals surface area contributed by atoms with Gasteiger partial charge in [-0.3, -0.25) is 18.9 Å².